The summed E-state index contributed by atoms with van der Waals surface area (Å²) in [7, 11) is 1.93. The van der Waals surface area contributed by atoms with Crippen molar-refractivity contribution < 1.29 is 14.3 Å². The first-order valence-electron chi connectivity index (χ1n) is 10.8. The molecule has 1 amide bonds. The maximum absolute atomic E-state index is 12.2. The number of piperidine rings is 2. The van der Waals surface area contributed by atoms with Gasteiger partial charge in [0.05, 0.1) is 0 Å². The minimum Gasteiger partial charge on any atom is -0.485 e. The Kier molecular flexibility index (Phi) is 6.18. The van der Waals surface area contributed by atoms with Crippen LogP contribution >= 0.6 is 0 Å². The molecule has 2 aliphatic rings. The standard InChI is InChI=1S/C25H30N2O3/c1-26-18-25(14-12-24(26)29)13-5-15-27(19-25)16-20-8-10-22(11-9-20)30-17-23(28)21-6-3-2-4-7-21/h2-4,6-11H,5,12-19H2,1H3. The number of nitrogens with zero attached hydrogens (tertiary/aromatic N) is 2. The number of carbonyl (C=O) groups is 2. The highest BCUT2D eigenvalue weighted by Crippen LogP contribution is 2.38. The summed E-state index contributed by atoms with van der Waals surface area (Å²) in [5.74, 6) is 0.971. The van der Waals surface area contributed by atoms with E-state index < -0.39 is 0 Å². The van der Waals surface area contributed by atoms with Crippen molar-refractivity contribution in [3.8, 4) is 5.75 Å². The molecule has 2 fully saturated rings. The Morgan fingerprint density at radius 3 is 2.53 bits per heavy atom. The predicted octanol–water partition coefficient (Wildman–Crippen LogP) is 3.78. The monoisotopic (exact) mass is 406 g/mol. The molecule has 4 rings (SSSR count). The molecule has 0 aliphatic carbocycles. The number of benzene rings is 2. The zero-order valence-corrected chi connectivity index (χ0v) is 17.7. The molecular weight excluding hydrogens is 376 g/mol. The lowest BCUT2D eigenvalue weighted by atomic mass is 9.73. The molecule has 30 heavy (non-hydrogen) atoms. The van der Waals surface area contributed by atoms with Crippen molar-refractivity contribution in [3.63, 3.8) is 0 Å². The van der Waals surface area contributed by atoms with Crippen molar-refractivity contribution in [2.45, 2.75) is 32.2 Å². The van der Waals surface area contributed by atoms with Crippen LogP contribution in [0.15, 0.2) is 54.6 Å². The van der Waals surface area contributed by atoms with E-state index in [0.29, 0.717) is 17.7 Å². The molecule has 0 radical (unpaired) electrons. The molecule has 1 spiro atoms. The molecule has 2 aromatic carbocycles. The number of Topliss-reactive ketones (excluding diaryl/α,β-unsaturated/α-hetero) is 1. The molecule has 1 atom stereocenters. The Labute approximate surface area is 178 Å². The number of rotatable bonds is 6. The summed E-state index contributed by atoms with van der Waals surface area (Å²) in [6, 6.07) is 17.3. The molecular formula is C25H30N2O3. The van der Waals surface area contributed by atoms with Crippen molar-refractivity contribution >= 4 is 11.7 Å². The molecule has 2 aromatic rings. The fourth-order valence-corrected chi connectivity index (χ4v) is 4.82. The molecule has 0 N–H and O–H groups in total. The fraction of sp³-hybridized carbons (Fsp3) is 0.440. The second-order valence-electron chi connectivity index (χ2n) is 8.79. The van der Waals surface area contributed by atoms with E-state index in [4.69, 9.17) is 4.74 Å². The summed E-state index contributed by atoms with van der Waals surface area (Å²) in [6.45, 7) is 3.98. The van der Waals surface area contributed by atoms with Gasteiger partial charge in [0, 0.05) is 44.1 Å². The van der Waals surface area contributed by atoms with Gasteiger partial charge in [-0.15, -0.1) is 0 Å². The molecule has 158 valence electrons. The Hall–Kier alpha value is -2.66. The van der Waals surface area contributed by atoms with Crippen molar-refractivity contribution in [3.05, 3.63) is 65.7 Å². The molecule has 0 saturated carbocycles. The van der Waals surface area contributed by atoms with Gasteiger partial charge in [0.25, 0.3) is 0 Å². The summed E-state index contributed by atoms with van der Waals surface area (Å²) in [4.78, 5) is 28.5. The highest BCUT2D eigenvalue weighted by atomic mass is 16.5. The van der Waals surface area contributed by atoms with Gasteiger partial charge in [-0.1, -0.05) is 42.5 Å². The predicted molar refractivity (Wildman–Crippen MR) is 117 cm³/mol. The van der Waals surface area contributed by atoms with Crippen LogP contribution in [-0.4, -0.2) is 54.8 Å². The lowest BCUT2D eigenvalue weighted by Gasteiger charge is -2.47. The van der Waals surface area contributed by atoms with Gasteiger partial charge in [-0.25, -0.2) is 0 Å². The van der Waals surface area contributed by atoms with Crippen LogP contribution in [0, 0.1) is 5.41 Å². The molecule has 1 unspecified atom stereocenters. The first kappa shape index (κ1) is 20.6. The maximum Gasteiger partial charge on any atom is 0.222 e. The van der Waals surface area contributed by atoms with E-state index in [1.54, 1.807) is 12.1 Å². The van der Waals surface area contributed by atoms with E-state index in [-0.39, 0.29) is 23.7 Å². The van der Waals surface area contributed by atoms with E-state index in [9.17, 15) is 9.59 Å². The third kappa shape index (κ3) is 4.90. The minimum absolute atomic E-state index is 0.0192. The van der Waals surface area contributed by atoms with Gasteiger partial charge in [0.15, 0.2) is 12.4 Å². The summed E-state index contributed by atoms with van der Waals surface area (Å²) < 4.78 is 5.68. The van der Waals surface area contributed by atoms with Crippen LogP contribution in [0.3, 0.4) is 0 Å². The molecule has 0 bridgehead atoms. The maximum atomic E-state index is 12.2. The molecule has 2 saturated heterocycles. The number of hydrogen-bond acceptors (Lipinski definition) is 4. The highest BCUT2D eigenvalue weighted by molar-refractivity contribution is 5.97. The number of likely N-dealkylation sites (tertiary alicyclic amines) is 2. The van der Waals surface area contributed by atoms with E-state index in [0.717, 1.165) is 32.6 Å². The normalized spacial score (nSPS) is 22.3. The van der Waals surface area contributed by atoms with Gasteiger partial charge in [-0.3, -0.25) is 14.5 Å². The van der Waals surface area contributed by atoms with Crippen LogP contribution < -0.4 is 4.74 Å². The SMILES string of the molecule is CN1CC2(CCCN(Cc3ccc(OCC(=O)c4ccccc4)cc3)C2)CCC1=O. The first-order chi connectivity index (χ1) is 14.5. The quantitative estimate of drug-likeness (QED) is 0.685. The Morgan fingerprint density at radius 2 is 1.80 bits per heavy atom. The highest BCUT2D eigenvalue weighted by Gasteiger charge is 2.40. The third-order valence-electron chi connectivity index (χ3n) is 6.40. The average Bonchev–Trinajstić information content (AvgIpc) is 2.77. The Balaban J connectivity index is 1.30. The first-order valence-corrected chi connectivity index (χ1v) is 10.8. The van der Waals surface area contributed by atoms with Gasteiger partial charge in [0.2, 0.25) is 5.91 Å². The van der Waals surface area contributed by atoms with Crippen LogP contribution in [0.4, 0.5) is 0 Å². The Morgan fingerprint density at radius 1 is 1.03 bits per heavy atom. The number of hydrogen-bond donors (Lipinski definition) is 0. The third-order valence-corrected chi connectivity index (χ3v) is 6.40. The van der Waals surface area contributed by atoms with Gasteiger partial charge >= 0.3 is 0 Å². The summed E-state index contributed by atoms with van der Waals surface area (Å²) in [5.41, 5.74) is 2.17. The molecule has 2 heterocycles. The zero-order valence-electron chi connectivity index (χ0n) is 17.7. The number of carbonyl (C=O) groups excluding carboxylic acids is 2. The van der Waals surface area contributed by atoms with Gasteiger partial charge < -0.3 is 9.64 Å². The average molecular weight is 407 g/mol. The molecule has 2 aliphatic heterocycles. The van der Waals surface area contributed by atoms with Gasteiger partial charge in [-0.05, 0) is 43.5 Å². The number of ketones is 1. The van der Waals surface area contributed by atoms with Gasteiger partial charge in [-0.2, -0.15) is 0 Å². The van der Waals surface area contributed by atoms with E-state index in [2.05, 4.69) is 17.0 Å². The van der Waals surface area contributed by atoms with Crippen molar-refractivity contribution in [1.82, 2.24) is 9.80 Å². The van der Waals surface area contributed by atoms with Crippen LogP contribution in [0.5, 0.6) is 5.75 Å². The van der Waals surface area contributed by atoms with Gasteiger partial charge in [0.1, 0.15) is 5.75 Å². The van der Waals surface area contributed by atoms with Crippen molar-refractivity contribution in [2.75, 3.05) is 33.3 Å². The lowest BCUT2D eigenvalue weighted by Crippen LogP contribution is -2.52. The van der Waals surface area contributed by atoms with Crippen LogP contribution in [0.1, 0.15) is 41.6 Å². The fourth-order valence-electron chi connectivity index (χ4n) is 4.82. The van der Waals surface area contributed by atoms with E-state index in [1.165, 1.54) is 18.4 Å². The van der Waals surface area contributed by atoms with Crippen LogP contribution in [0.25, 0.3) is 0 Å². The number of amides is 1. The lowest BCUT2D eigenvalue weighted by molar-refractivity contribution is -0.137. The molecule has 0 aromatic heterocycles. The van der Waals surface area contributed by atoms with E-state index in [1.807, 2.05) is 42.3 Å². The summed E-state index contributed by atoms with van der Waals surface area (Å²) in [6.07, 6.45) is 4.08. The second-order valence-corrected chi connectivity index (χ2v) is 8.79. The molecule has 5 nitrogen and oxygen atoms in total. The van der Waals surface area contributed by atoms with Crippen LogP contribution in [0.2, 0.25) is 0 Å². The zero-order chi connectivity index (χ0) is 21.0. The number of ether oxygens (including phenoxy) is 1. The van der Waals surface area contributed by atoms with Crippen molar-refractivity contribution in [2.24, 2.45) is 5.41 Å². The minimum atomic E-state index is -0.0192. The van der Waals surface area contributed by atoms with Crippen molar-refractivity contribution in [1.29, 1.82) is 0 Å². The summed E-state index contributed by atoms with van der Waals surface area (Å²) in [5, 5.41) is 0. The topological polar surface area (TPSA) is 49.9 Å². The smallest absolute Gasteiger partial charge is 0.222 e. The Bertz CT molecular complexity index is 881. The largest absolute Gasteiger partial charge is 0.485 e. The van der Waals surface area contributed by atoms with E-state index >= 15 is 0 Å². The molecule has 5 heteroatoms. The second kappa shape index (κ2) is 9.00. The summed E-state index contributed by atoms with van der Waals surface area (Å²) >= 11 is 0. The van der Waals surface area contributed by atoms with Crippen LogP contribution in [-0.2, 0) is 11.3 Å².